The van der Waals surface area contributed by atoms with Crippen LogP contribution in [0.4, 0.5) is 10.1 Å². The van der Waals surface area contributed by atoms with Crippen LogP contribution in [0.1, 0.15) is 37.3 Å². The number of fused-ring (bicyclic) bond motifs is 1. The SMILES string of the molecule is COc1ccc2nccc(CCC[C@@H]3CCN(CC#Cc4cc(F)ccc4NC(C)=O)C[C@@H]3CO)c2c1. The Morgan fingerprint density at radius 3 is 2.89 bits per heavy atom. The Bertz CT molecular complexity index is 1300. The molecule has 1 aliphatic heterocycles. The van der Waals surface area contributed by atoms with Gasteiger partial charge in [0, 0.05) is 31.7 Å². The fraction of sp³-hybridized carbons (Fsp3) is 0.400. The Labute approximate surface area is 217 Å². The number of carbonyl (C=O) groups is 1. The Hall–Kier alpha value is -3.47. The lowest BCUT2D eigenvalue weighted by atomic mass is 9.82. The number of hydrogen-bond donors (Lipinski definition) is 2. The number of aromatic nitrogens is 1. The van der Waals surface area contributed by atoms with Crippen molar-refractivity contribution in [2.24, 2.45) is 11.8 Å². The van der Waals surface area contributed by atoms with Gasteiger partial charge in [-0.2, -0.15) is 0 Å². The van der Waals surface area contributed by atoms with Crippen molar-refractivity contribution in [3.8, 4) is 17.6 Å². The van der Waals surface area contributed by atoms with Crippen molar-refractivity contribution >= 4 is 22.5 Å². The van der Waals surface area contributed by atoms with Crippen LogP contribution in [0.2, 0.25) is 0 Å². The van der Waals surface area contributed by atoms with Crippen LogP contribution < -0.4 is 10.1 Å². The lowest BCUT2D eigenvalue weighted by molar-refractivity contribution is -0.114. The van der Waals surface area contributed by atoms with E-state index in [0.29, 0.717) is 23.7 Å². The summed E-state index contributed by atoms with van der Waals surface area (Å²) in [6.45, 7) is 3.79. The van der Waals surface area contributed by atoms with E-state index in [2.05, 4.69) is 39.2 Å². The number of methoxy groups -OCH3 is 1. The third-order valence-electron chi connectivity index (χ3n) is 7.09. The van der Waals surface area contributed by atoms with Crippen molar-refractivity contribution in [2.45, 2.75) is 32.6 Å². The average Bonchev–Trinajstić information content (AvgIpc) is 2.90. The molecule has 3 aromatic rings. The van der Waals surface area contributed by atoms with E-state index in [1.54, 1.807) is 7.11 Å². The normalized spacial score (nSPS) is 17.7. The second-order valence-electron chi connectivity index (χ2n) is 9.64. The number of aliphatic hydroxyl groups excluding tert-OH is 1. The van der Waals surface area contributed by atoms with Gasteiger partial charge in [-0.25, -0.2) is 4.39 Å². The van der Waals surface area contributed by atoms with Crippen molar-refractivity contribution in [3.63, 3.8) is 0 Å². The predicted octanol–water partition coefficient (Wildman–Crippen LogP) is 4.65. The smallest absolute Gasteiger partial charge is 0.221 e. The number of aryl methyl sites for hydroxylation is 1. The summed E-state index contributed by atoms with van der Waals surface area (Å²) in [6, 6.07) is 12.2. The van der Waals surface area contributed by atoms with Crippen LogP contribution in [0.25, 0.3) is 10.9 Å². The van der Waals surface area contributed by atoms with Crippen LogP contribution in [0, 0.1) is 29.5 Å². The fourth-order valence-corrected chi connectivity index (χ4v) is 5.13. The first-order chi connectivity index (χ1) is 18.0. The highest BCUT2D eigenvalue weighted by atomic mass is 19.1. The van der Waals surface area contributed by atoms with Crippen molar-refractivity contribution in [2.75, 3.05) is 38.7 Å². The number of ether oxygens (including phenoxy) is 1. The number of amides is 1. The minimum atomic E-state index is -0.390. The van der Waals surface area contributed by atoms with Crippen LogP contribution in [-0.4, -0.2) is 54.2 Å². The first kappa shape index (κ1) is 26.6. The number of aliphatic hydroxyl groups is 1. The first-order valence-corrected chi connectivity index (χ1v) is 12.8. The molecule has 1 fully saturated rings. The zero-order chi connectivity index (χ0) is 26.2. The van der Waals surface area contributed by atoms with Gasteiger partial charge in [0.2, 0.25) is 5.91 Å². The standard InChI is InChI=1S/C30H34FN3O3/c1-21(36)33-29-10-8-26(31)17-24(29)7-4-15-34-16-13-22(25(19-34)20-35)5-3-6-23-12-14-32-30-11-9-27(37-2)18-28(23)30/h8-12,14,17-18,22,25,35H,3,5-6,13,15-16,19-20H2,1-2H3,(H,33,36)/t22-,25-/m1/s1. The van der Waals surface area contributed by atoms with Gasteiger partial charge in [0.25, 0.3) is 0 Å². The second kappa shape index (κ2) is 12.7. The van der Waals surface area contributed by atoms with E-state index in [9.17, 15) is 14.3 Å². The van der Waals surface area contributed by atoms with E-state index >= 15 is 0 Å². The monoisotopic (exact) mass is 503 g/mol. The Balaban J connectivity index is 1.32. The fourth-order valence-electron chi connectivity index (χ4n) is 5.13. The molecular formula is C30H34FN3O3. The third kappa shape index (κ3) is 7.06. The number of nitrogens with one attached hydrogen (secondary N) is 1. The summed E-state index contributed by atoms with van der Waals surface area (Å²) in [4.78, 5) is 18.1. The van der Waals surface area contributed by atoms with E-state index in [4.69, 9.17) is 4.74 Å². The van der Waals surface area contributed by atoms with Crippen molar-refractivity contribution in [1.29, 1.82) is 0 Å². The van der Waals surface area contributed by atoms with Crippen molar-refractivity contribution in [1.82, 2.24) is 9.88 Å². The Kier molecular flexibility index (Phi) is 9.10. The molecule has 1 saturated heterocycles. The number of benzene rings is 2. The van der Waals surface area contributed by atoms with Crippen LogP contribution >= 0.6 is 0 Å². The molecule has 0 radical (unpaired) electrons. The number of pyridine rings is 1. The Morgan fingerprint density at radius 2 is 2.11 bits per heavy atom. The molecule has 0 bridgehead atoms. The Morgan fingerprint density at radius 1 is 1.24 bits per heavy atom. The summed E-state index contributed by atoms with van der Waals surface area (Å²) in [6.07, 6.45) is 5.93. The maximum Gasteiger partial charge on any atom is 0.221 e. The van der Waals surface area contributed by atoms with Crippen molar-refractivity contribution in [3.05, 3.63) is 65.6 Å². The summed E-state index contributed by atoms with van der Waals surface area (Å²) < 4.78 is 19.1. The van der Waals surface area contributed by atoms with Crippen LogP contribution in [0.15, 0.2) is 48.7 Å². The molecule has 194 valence electrons. The maximum atomic E-state index is 13.7. The molecule has 1 aliphatic rings. The minimum absolute atomic E-state index is 0.153. The number of piperidine rings is 1. The number of anilines is 1. The molecule has 1 amide bonds. The van der Waals surface area contributed by atoms with E-state index in [-0.39, 0.29) is 18.4 Å². The number of nitrogens with zero attached hydrogens (tertiary/aromatic N) is 2. The van der Waals surface area contributed by atoms with E-state index in [1.807, 2.05) is 18.3 Å². The summed E-state index contributed by atoms with van der Waals surface area (Å²) in [5.74, 6) is 7.01. The van der Waals surface area contributed by atoms with Gasteiger partial charge in [-0.05, 0) is 92.1 Å². The number of hydrogen-bond acceptors (Lipinski definition) is 5. The number of rotatable bonds is 8. The minimum Gasteiger partial charge on any atom is -0.497 e. The molecule has 4 rings (SSSR count). The highest BCUT2D eigenvalue weighted by molar-refractivity contribution is 5.90. The molecule has 2 N–H and O–H groups in total. The molecule has 2 heterocycles. The molecule has 0 spiro atoms. The van der Waals surface area contributed by atoms with Gasteiger partial charge in [0.1, 0.15) is 11.6 Å². The van der Waals surface area contributed by atoms with E-state index in [0.717, 1.165) is 55.4 Å². The van der Waals surface area contributed by atoms with Crippen LogP contribution in [0.3, 0.4) is 0 Å². The zero-order valence-electron chi connectivity index (χ0n) is 21.5. The van der Waals surface area contributed by atoms with Crippen LogP contribution in [-0.2, 0) is 11.2 Å². The molecular weight excluding hydrogens is 469 g/mol. The molecule has 6 nitrogen and oxygen atoms in total. The van der Waals surface area contributed by atoms with Gasteiger partial charge in [-0.1, -0.05) is 11.8 Å². The van der Waals surface area contributed by atoms with Gasteiger partial charge in [0.15, 0.2) is 0 Å². The van der Waals surface area contributed by atoms with Gasteiger partial charge in [-0.15, -0.1) is 0 Å². The van der Waals surface area contributed by atoms with Crippen LogP contribution in [0.5, 0.6) is 5.75 Å². The molecule has 0 saturated carbocycles. The molecule has 7 heteroatoms. The van der Waals surface area contributed by atoms with Crippen molar-refractivity contribution < 1.29 is 19.0 Å². The quantitative estimate of drug-likeness (QED) is 0.438. The lowest BCUT2D eigenvalue weighted by Crippen LogP contribution is -2.42. The average molecular weight is 504 g/mol. The molecule has 1 aromatic heterocycles. The topological polar surface area (TPSA) is 74.7 Å². The molecule has 2 atom stereocenters. The molecule has 0 aliphatic carbocycles. The molecule has 37 heavy (non-hydrogen) atoms. The first-order valence-electron chi connectivity index (χ1n) is 12.8. The van der Waals surface area contributed by atoms with E-state index < -0.39 is 5.82 Å². The summed E-state index contributed by atoms with van der Waals surface area (Å²) >= 11 is 0. The molecule has 0 unspecified atom stereocenters. The number of halogens is 1. The van der Waals surface area contributed by atoms with E-state index in [1.165, 1.54) is 30.7 Å². The number of carbonyl (C=O) groups excluding carboxylic acids is 1. The van der Waals surface area contributed by atoms with Gasteiger partial charge < -0.3 is 15.2 Å². The summed E-state index contributed by atoms with van der Waals surface area (Å²) in [5.41, 5.74) is 3.22. The zero-order valence-corrected chi connectivity index (χ0v) is 21.5. The van der Waals surface area contributed by atoms with Gasteiger partial charge in [0.05, 0.1) is 30.4 Å². The summed E-state index contributed by atoms with van der Waals surface area (Å²) in [7, 11) is 1.68. The highest BCUT2D eigenvalue weighted by Gasteiger charge is 2.28. The van der Waals surface area contributed by atoms with Gasteiger partial charge in [-0.3, -0.25) is 14.7 Å². The van der Waals surface area contributed by atoms with Gasteiger partial charge >= 0.3 is 0 Å². The second-order valence-corrected chi connectivity index (χ2v) is 9.64. The lowest BCUT2D eigenvalue weighted by Gasteiger charge is -2.37. The predicted molar refractivity (Wildman–Crippen MR) is 144 cm³/mol. The number of likely N-dealkylation sites (tertiary alicyclic amines) is 1. The third-order valence-corrected chi connectivity index (χ3v) is 7.09. The highest BCUT2D eigenvalue weighted by Crippen LogP contribution is 2.29. The largest absolute Gasteiger partial charge is 0.497 e. The molecule has 2 aromatic carbocycles. The maximum absolute atomic E-state index is 13.7. The summed E-state index contributed by atoms with van der Waals surface area (Å²) in [5, 5.41) is 13.9.